The molecule has 2 saturated heterocycles. The van der Waals surface area contributed by atoms with Crippen molar-refractivity contribution in [1.82, 2.24) is 101 Å². The third-order valence-corrected chi connectivity index (χ3v) is 19.7. The summed E-state index contributed by atoms with van der Waals surface area (Å²) in [6.07, 6.45) is -3.20. The molecule has 44 heteroatoms. The number of rotatable bonds is 37. The van der Waals surface area contributed by atoms with Gasteiger partial charge in [-0.15, -0.1) is 0 Å². The molecule has 2 aromatic carbocycles. The van der Waals surface area contributed by atoms with Crippen molar-refractivity contribution in [3.05, 3.63) is 71.8 Å². The van der Waals surface area contributed by atoms with E-state index in [0.717, 1.165) is 12.5 Å². The number of aliphatic hydroxyl groups excluding tert-OH is 1. The number of carbonyl (C=O) groups is 17. The number of nitrogens with two attached hydrogens (primary N) is 5. The van der Waals surface area contributed by atoms with Gasteiger partial charge in [0.05, 0.1) is 38.6 Å². The van der Waals surface area contributed by atoms with Crippen molar-refractivity contribution in [3.63, 3.8) is 0 Å². The Hall–Kier alpha value is -12.2. The van der Waals surface area contributed by atoms with Crippen LogP contribution in [0.1, 0.15) is 161 Å². The Morgan fingerprint density at radius 2 is 0.902 bits per heavy atom. The summed E-state index contributed by atoms with van der Waals surface area (Å²) in [7, 11) is 0. The molecule has 0 aromatic heterocycles. The summed E-state index contributed by atoms with van der Waals surface area (Å²) >= 11 is 0. The Bertz CT molecular complexity index is 3860. The van der Waals surface area contributed by atoms with E-state index in [1.165, 1.54) is 6.92 Å². The first kappa shape index (κ1) is 103. The number of carbonyl (C=O) groups excluding carboxylic acids is 17. The molecule has 0 aliphatic carbocycles. The number of aliphatic hydroxyl groups is 1. The molecular weight excluding hydrogens is 1600 g/mol. The zero-order chi connectivity index (χ0) is 90.9. The van der Waals surface area contributed by atoms with Crippen LogP contribution in [0.15, 0.2) is 60.7 Å². The van der Waals surface area contributed by atoms with Gasteiger partial charge in [0.1, 0.15) is 72.5 Å². The maximum absolute atomic E-state index is 15.2. The van der Waals surface area contributed by atoms with E-state index in [0.29, 0.717) is 24.9 Å². The minimum absolute atomic E-state index is 0.00540. The molecule has 0 spiro atoms. The first-order valence-corrected chi connectivity index (χ1v) is 41.6. The molecular formula is C79H128N26O18. The molecule has 4 rings (SSSR count). The number of hydrogen-bond acceptors (Lipinski definition) is 23. The third-order valence-electron chi connectivity index (χ3n) is 19.7. The Morgan fingerprint density at radius 1 is 0.472 bits per heavy atom. The molecule has 682 valence electrons. The summed E-state index contributed by atoms with van der Waals surface area (Å²) in [4.78, 5) is 240. The summed E-state index contributed by atoms with van der Waals surface area (Å²) in [6.45, 7) is 5.04. The first-order valence-electron chi connectivity index (χ1n) is 41.6. The Labute approximate surface area is 714 Å². The topological polar surface area (TPSA) is 717 Å². The second-order valence-corrected chi connectivity index (χ2v) is 30.6. The van der Waals surface area contributed by atoms with E-state index in [9.17, 15) is 77.0 Å². The lowest BCUT2D eigenvalue weighted by atomic mass is 10.0. The van der Waals surface area contributed by atoms with E-state index < -0.39 is 217 Å². The van der Waals surface area contributed by atoms with Crippen molar-refractivity contribution in [2.24, 2.45) is 34.6 Å². The fraction of sp³-hybridized carbons (Fsp3) is 0.608. The van der Waals surface area contributed by atoms with Gasteiger partial charge in [0.2, 0.25) is 100 Å². The molecule has 2 fully saturated rings. The van der Waals surface area contributed by atoms with Gasteiger partial charge in [0.15, 0.2) is 11.9 Å². The molecule has 1 unspecified atom stereocenters. The Balaban J connectivity index is 1.73. The van der Waals surface area contributed by atoms with Crippen LogP contribution < -0.4 is 130 Å². The molecule has 0 bridgehead atoms. The second kappa shape index (κ2) is 56.4. The van der Waals surface area contributed by atoms with Crippen LogP contribution in [0.4, 0.5) is 0 Å². The van der Waals surface area contributed by atoms with Crippen LogP contribution in [-0.4, -0.2) is 255 Å². The molecule has 13 atom stereocenters. The average Bonchev–Trinajstić information content (AvgIpc) is 0.855. The van der Waals surface area contributed by atoms with Gasteiger partial charge in [0, 0.05) is 39.1 Å². The van der Waals surface area contributed by atoms with E-state index >= 15 is 9.59 Å². The fourth-order valence-electron chi connectivity index (χ4n) is 12.9. The van der Waals surface area contributed by atoms with Crippen molar-refractivity contribution in [2.75, 3.05) is 58.9 Å². The zero-order valence-electron chi connectivity index (χ0n) is 70.3. The summed E-state index contributed by atoms with van der Waals surface area (Å²) < 4.78 is 0. The van der Waals surface area contributed by atoms with Crippen LogP contribution in [0.2, 0.25) is 0 Å². The largest absolute Gasteiger partial charge is 0.391 e. The third kappa shape index (κ3) is 41.3. The summed E-state index contributed by atoms with van der Waals surface area (Å²) in [5.41, 5.74) is 29.9. The van der Waals surface area contributed by atoms with Gasteiger partial charge in [-0.2, -0.15) is 0 Å². The van der Waals surface area contributed by atoms with Gasteiger partial charge in [-0.25, -0.2) is 0 Å². The van der Waals surface area contributed by atoms with Crippen molar-refractivity contribution in [3.8, 4) is 0 Å². The molecule has 0 saturated carbocycles. The monoisotopic (exact) mass is 1730 g/mol. The number of amides is 17. The van der Waals surface area contributed by atoms with Gasteiger partial charge in [-0.3, -0.25) is 92.3 Å². The van der Waals surface area contributed by atoms with Crippen molar-refractivity contribution in [2.45, 2.75) is 241 Å². The highest BCUT2D eigenvalue weighted by Crippen LogP contribution is 2.15. The van der Waals surface area contributed by atoms with E-state index in [1.807, 2.05) is 30.3 Å². The highest BCUT2D eigenvalue weighted by atomic mass is 16.3. The number of guanidine groups is 2. The second-order valence-electron chi connectivity index (χ2n) is 30.6. The van der Waals surface area contributed by atoms with E-state index in [1.54, 1.807) is 44.2 Å². The van der Waals surface area contributed by atoms with Crippen molar-refractivity contribution in [1.29, 1.82) is 10.8 Å². The number of unbranched alkanes of at least 4 members (excludes halogenated alkanes) is 2. The summed E-state index contributed by atoms with van der Waals surface area (Å²) in [5, 5.41) is 75.8. The van der Waals surface area contributed by atoms with Crippen LogP contribution in [0.5, 0.6) is 0 Å². The summed E-state index contributed by atoms with van der Waals surface area (Å²) in [6, 6.07) is -1.26. The SMILES string of the molecule is CC(C)C[C@@H]1NC(=O)[C@H](CCCCN)NC(=O)[C@H](CCCNC(=N)N)NC(=O)[C@@H](NC(=O)[C@@H]2CC(=O)NCCCC[C@H](NC(=O)[C@@H](NC(=O)[C@H](Cc3ccccc3)NC(=O)CNC(=O)CNC(=O)CNCc3ccccc3)C(C)O)C(=O)N[C@@H](C)C(=O)N[C@@H](CCCNC(=N)N)C(=O)N[C@@H](CCCCN)C(=O)N2)CCCCNC(=O)C[C@@H](C(N)=O)NC1=O. The number of primary amides is 1. The standard InChI is InChI=1S/C79H128N26O18/c1-45(2)37-57-74(120)102-56(66(82)112)39-60(107)88-33-18-14-28-53(69(115)99-55(30-20-36-91-79(85)86)71(117)98-51(72(118)103-57)25-11-15-31-80)100-75(121)59-40-61(108)89-34-17-13-27-50(68(114)94-46(3)67(113)96-54(29-19-35-90-78(83)84)70(116)97-52(73(119)104-59)26-12-16-32-81)101-77(123)65(47(4)106)105-76(122)58(38-48-21-7-5-8-22-48)95-64(111)44-93-63(110)43-92-62(109)42-87-41-49-23-9-6-10-24-49/h5-10,21-24,45-47,50-59,65,87,106H,11-20,25-44,80-81H2,1-4H3,(H2,82,112)(H,88,107)(H,89,108)(H,92,109)(H,93,110)(H,94,114)(H,95,111)(H,96,113)(H,97,116)(H,98,117)(H,99,115)(H,100,121)(H,101,123)(H,102,120)(H,103,118)(H,104,119)(H,105,122)(H4,83,84,90)(H4,85,86,91)/t46-,47?,50-,51-,52-,53-,54-,55-,56-,57-,58-,59-,65-/m0/s1. The number of hydrogen-bond donors (Lipinski definition) is 27. The molecule has 0 radical (unpaired) electrons. The molecule has 2 aliphatic heterocycles. The van der Waals surface area contributed by atoms with Crippen LogP contribution in [0.3, 0.4) is 0 Å². The molecule has 2 aliphatic rings. The van der Waals surface area contributed by atoms with Gasteiger partial charge in [-0.05, 0) is 153 Å². The summed E-state index contributed by atoms with van der Waals surface area (Å²) in [5.74, 6) is -16.8. The maximum Gasteiger partial charge on any atom is 0.245 e. The molecule has 2 aromatic rings. The van der Waals surface area contributed by atoms with Crippen LogP contribution in [0, 0.1) is 16.7 Å². The van der Waals surface area contributed by atoms with Crippen molar-refractivity contribution >= 4 is 112 Å². The molecule has 17 amide bonds. The highest BCUT2D eigenvalue weighted by molar-refractivity contribution is 6.01. The molecule has 2 heterocycles. The Kier molecular flexibility index (Phi) is 47.3. The molecule has 123 heavy (non-hydrogen) atoms. The minimum Gasteiger partial charge on any atom is -0.391 e. The smallest absolute Gasteiger partial charge is 0.245 e. The fourth-order valence-corrected chi connectivity index (χ4v) is 12.9. The maximum atomic E-state index is 15.2. The van der Waals surface area contributed by atoms with E-state index in [4.69, 9.17) is 39.5 Å². The quantitative estimate of drug-likeness (QED) is 0.0170. The van der Waals surface area contributed by atoms with Crippen LogP contribution >= 0.6 is 0 Å². The van der Waals surface area contributed by atoms with Crippen LogP contribution in [-0.2, 0) is 94.5 Å². The lowest BCUT2D eigenvalue weighted by Gasteiger charge is -2.29. The Morgan fingerprint density at radius 3 is 1.40 bits per heavy atom. The van der Waals surface area contributed by atoms with E-state index in [-0.39, 0.29) is 154 Å². The van der Waals surface area contributed by atoms with E-state index in [2.05, 4.69) is 101 Å². The highest BCUT2D eigenvalue weighted by Gasteiger charge is 2.39. The van der Waals surface area contributed by atoms with Crippen molar-refractivity contribution < 1.29 is 86.6 Å². The number of benzene rings is 2. The zero-order valence-corrected chi connectivity index (χ0v) is 70.3. The molecule has 32 N–H and O–H groups in total. The van der Waals surface area contributed by atoms with Gasteiger partial charge < -0.3 is 135 Å². The lowest BCUT2D eigenvalue weighted by molar-refractivity contribution is -0.137. The predicted octanol–water partition coefficient (Wildman–Crippen LogP) is -7.83. The van der Waals surface area contributed by atoms with Crippen LogP contribution in [0.25, 0.3) is 0 Å². The average molecular weight is 1730 g/mol. The predicted molar refractivity (Wildman–Crippen MR) is 451 cm³/mol. The number of nitrogens with one attached hydrogen (secondary N) is 21. The molecule has 44 nitrogen and oxygen atoms in total. The van der Waals surface area contributed by atoms with Gasteiger partial charge >= 0.3 is 0 Å². The van der Waals surface area contributed by atoms with Gasteiger partial charge in [-0.1, -0.05) is 74.5 Å². The lowest BCUT2D eigenvalue weighted by Crippen LogP contribution is -2.61. The minimum atomic E-state index is -1.91. The van der Waals surface area contributed by atoms with Gasteiger partial charge in [0.25, 0.3) is 0 Å². The first-order chi connectivity index (χ1) is 58.6. The normalized spacial score (nSPS) is 21.9.